The Labute approximate surface area is 86.9 Å². The van der Waals surface area contributed by atoms with E-state index in [9.17, 15) is 4.79 Å². The van der Waals surface area contributed by atoms with Crippen LogP contribution in [0, 0.1) is 0 Å². The Morgan fingerprint density at radius 1 is 1.64 bits per heavy atom. The van der Waals surface area contributed by atoms with Crippen LogP contribution in [0.1, 0.15) is 6.42 Å². The van der Waals surface area contributed by atoms with E-state index in [1.54, 1.807) is 0 Å². The number of nitrogens with two attached hydrogens (primary N) is 1. The van der Waals surface area contributed by atoms with Gasteiger partial charge in [0.25, 0.3) is 0 Å². The fourth-order valence-corrected chi connectivity index (χ4v) is 3.50. The minimum absolute atomic E-state index is 0.206. The molecular weight excluding hydrogens is 200 g/mol. The molecule has 0 saturated carbocycles. The van der Waals surface area contributed by atoms with E-state index >= 15 is 0 Å². The predicted molar refractivity (Wildman–Crippen MR) is 60.7 cm³/mol. The van der Waals surface area contributed by atoms with Crippen molar-refractivity contribution in [3.8, 4) is 0 Å². The zero-order valence-electron chi connectivity index (χ0n) is 8.91. The van der Waals surface area contributed by atoms with E-state index in [1.807, 2.05) is 0 Å². The highest BCUT2D eigenvalue weighted by Crippen LogP contribution is 2.45. The first-order valence-electron chi connectivity index (χ1n) is 4.82. The van der Waals surface area contributed by atoms with Crippen LogP contribution < -0.4 is 11.1 Å². The van der Waals surface area contributed by atoms with Gasteiger partial charge in [-0.3, -0.25) is 4.79 Å². The number of amides is 1. The van der Waals surface area contributed by atoms with Gasteiger partial charge < -0.3 is 15.8 Å². The molecule has 3 N–H and O–H groups in total. The van der Waals surface area contributed by atoms with Crippen LogP contribution in [0.5, 0.6) is 0 Å². The number of hydrogen-bond donors (Lipinski definition) is 2. The maximum atomic E-state index is 10.7. The predicted octanol–water partition coefficient (Wildman–Crippen LogP) is -0.128. The quantitative estimate of drug-likeness (QED) is 0.694. The van der Waals surface area contributed by atoms with Crippen molar-refractivity contribution >= 4 is 15.9 Å². The highest BCUT2D eigenvalue weighted by atomic mass is 32.3. The fraction of sp³-hybridized carbons (Fsp3) is 0.889. The van der Waals surface area contributed by atoms with Gasteiger partial charge in [-0.15, -0.1) is 0 Å². The number of nitrogens with one attached hydrogen (secondary N) is 1. The Kier molecular flexibility index (Phi) is 4.22. The number of carbonyl (C=O) groups is 1. The van der Waals surface area contributed by atoms with Crippen molar-refractivity contribution in [1.82, 2.24) is 5.32 Å². The molecule has 0 radical (unpaired) electrons. The second kappa shape index (κ2) is 5.00. The molecule has 1 aliphatic heterocycles. The van der Waals surface area contributed by atoms with Gasteiger partial charge in [-0.05, 0) is 18.3 Å². The SMILES string of the molecule is CS(C)(CCC(N)=O)C1COCCN1. The first-order valence-corrected chi connectivity index (χ1v) is 7.50. The molecule has 0 aromatic rings. The monoisotopic (exact) mass is 220 g/mol. The molecule has 0 bridgehead atoms. The summed E-state index contributed by atoms with van der Waals surface area (Å²) in [6.07, 6.45) is 4.94. The molecule has 1 heterocycles. The molecular formula is C9H20N2O2S. The van der Waals surface area contributed by atoms with Crippen LogP contribution in [0.15, 0.2) is 0 Å². The van der Waals surface area contributed by atoms with E-state index < -0.39 is 10.0 Å². The molecule has 1 saturated heterocycles. The van der Waals surface area contributed by atoms with E-state index in [0.29, 0.717) is 11.8 Å². The number of ether oxygens (including phenoxy) is 1. The van der Waals surface area contributed by atoms with E-state index in [4.69, 9.17) is 10.5 Å². The minimum Gasteiger partial charge on any atom is -0.378 e. The number of carbonyl (C=O) groups excluding carboxylic acids is 1. The van der Waals surface area contributed by atoms with Gasteiger partial charge in [-0.2, -0.15) is 0 Å². The summed E-state index contributed by atoms with van der Waals surface area (Å²) in [6, 6.07) is 0. The summed E-state index contributed by atoms with van der Waals surface area (Å²) < 4.78 is 5.42. The van der Waals surface area contributed by atoms with Gasteiger partial charge in [-0.1, -0.05) is 0 Å². The average molecular weight is 220 g/mol. The Morgan fingerprint density at radius 2 is 2.36 bits per heavy atom. The smallest absolute Gasteiger partial charge is 0.218 e. The Hall–Kier alpha value is -0.260. The summed E-state index contributed by atoms with van der Waals surface area (Å²) in [7, 11) is -0.815. The van der Waals surface area contributed by atoms with Gasteiger partial charge in [0, 0.05) is 13.0 Å². The van der Waals surface area contributed by atoms with Crippen molar-refractivity contribution in [2.24, 2.45) is 5.73 Å². The first-order chi connectivity index (χ1) is 6.52. The third-order valence-corrected chi connectivity index (χ3v) is 5.63. The van der Waals surface area contributed by atoms with E-state index in [1.165, 1.54) is 0 Å². The van der Waals surface area contributed by atoms with Crippen LogP contribution >= 0.6 is 10.0 Å². The number of morpholine rings is 1. The second-order valence-electron chi connectivity index (χ2n) is 4.06. The molecule has 0 aromatic carbocycles. The zero-order valence-corrected chi connectivity index (χ0v) is 9.73. The topological polar surface area (TPSA) is 64.4 Å². The minimum atomic E-state index is -0.815. The molecule has 1 fully saturated rings. The lowest BCUT2D eigenvalue weighted by atomic mass is 10.5. The number of rotatable bonds is 4. The first kappa shape index (κ1) is 11.8. The van der Waals surface area contributed by atoms with Crippen molar-refractivity contribution < 1.29 is 9.53 Å². The molecule has 0 aliphatic carbocycles. The maximum absolute atomic E-state index is 10.7. The molecule has 0 spiro atoms. The number of primary amides is 1. The van der Waals surface area contributed by atoms with Crippen LogP contribution in [-0.4, -0.2) is 49.3 Å². The lowest BCUT2D eigenvalue weighted by molar-refractivity contribution is -0.117. The molecule has 84 valence electrons. The lowest BCUT2D eigenvalue weighted by Crippen LogP contribution is -2.44. The molecule has 14 heavy (non-hydrogen) atoms. The van der Waals surface area contributed by atoms with Crippen molar-refractivity contribution in [1.29, 1.82) is 0 Å². The number of hydrogen-bond acceptors (Lipinski definition) is 3. The van der Waals surface area contributed by atoms with Gasteiger partial charge in [-0.25, -0.2) is 10.0 Å². The van der Waals surface area contributed by atoms with E-state index in [-0.39, 0.29) is 5.91 Å². The van der Waals surface area contributed by atoms with Crippen LogP contribution in [-0.2, 0) is 9.53 Å². The molecule has 1 rings (SSSR count). The third-order valence-electron chi connectivity index (χ3n) is 2.53. The summed E-state index contributed by atoms with van der Waals surface area (Å²) >= 11 is 0. The maximum Gasteiger partial charge on any atom is 0.218 e. The second-order valence-corrected chi connectivity index (χ2v) is 8.29. The van der Waals surface area contributed by atoms with Crippen molar-refractivity contribution in [3.63, 3.8) is 0 Å². The van der Waals surface area contributed by atoms with Crippen LogP contribution in [0.4, 0.5) is 0 Å². The highest BCUT2D eigenvalue weighted by Gasteiger charge is 2.26. The zero-order chi connectivity index (χ0) is 10.6. The van der Waals surface area contributed by atoms with Crippen molar-refractivity contribution in [2.75, 3.05) is 38.0 Å². The summed E-state index contributed by atoms with van der Waals surface area (Å²) in [5, 5.41) is 3.86. The summed E-state index contributed by atoms with van der Waals surface area (Å²) in [5.41, 5.74) is 5.15. The van der Waals surface area contributed by atoms with Gasteiger partial charge in [0.2, 0.25) is 5.91 Å². The molecule has 1 amide bonds. The average Bonchev–Trinajstić information content (AvgIpc) is 2.16. The van der Waals surface area contributed by atoms with Gasteiger partial charge in [0.1, 0.15) is 0 Å². The van der Waals surface area contributed by atoms with E-state index in [2.05, 4.69) is 17.8 Å². The molecule has 5 heteroatoms. The molecule has 4 nitrogen and oxygen atoms in total. The molecule has 1 atom stereocenters. The largest absolute Gasteiger partial charge is 0.378 e. The molecule has 1 aliphatic rings. The van der Waals surface area contributed by atoms with E-state index in [0.717, 1.165) is 25.5 Å². The summed E-state index contributed by atoms with van der Waals surface area (Å²) in [5.74, 6) is 0.686. The van der Waals surface area contributed by atoms with Gasteiger partial charge in [0.15, 0.2) is 0 Å². The van der Waals surface area contributed by atoms with Gasteiger partial charge >= 0.3 is 0 Å². The molecule has 1 unspecified atom stereocenters. The van der Waals surface area contributed by atoms with Crippen molar-refractivity contribution in [2.45, 2.75) is 11.8 Å². The lowest BCUT2D eigenvalue weighted by Gasteiger charge is -2.42. The fourth-order valence-electron chi connectivity index (χ4n) is 1.46. The van der Waals surface area contributed by atoms with Crippen LogP contribution in [0.2, 0.25) is 0 Å². The van der Waals surface area contributed by atoms with Crippen LogP contribution in [0.3, 0.4) is 0 Å². The third kappa shape index (κ3) is 3.48. The van der Waals surface area contributed by atoms with Crippen molar-refractivity contribution in [3.05, 3.63) is 0 Å². The Balaban J connectivity index is 2.41. The summed E-state index contributed by atoms with van der Waals surface area (Å²) in [6.45, 7) is 2.47. The highest BCUT2D eigenvalue weighted by molar-refractivity contribution is 8.33. The summed E-state index contributed by atoms with van der Waals surface area (Å²) in [4.78, 5) is 10.7. The van der Waals surface area contributed by atoms with Crippen LogP contribution in [0.25, 0.3) is 0 Å². The standard InChI is InChI=1S/C9H20N2O2S/c1-14(2,6-3-8(10)12)9-7-13-5-4-11-9/h9,11H,3-7H2,1-2H3,(H2,10,12). The Morgan fingerprint density at radius 3 is 2.86 bits per heavy atom. The Bertz CT molecular complexity index is 203. The van der Waals surface area contributed by atoms with Gasteiger partial charge in [0.05, 0.1) is 18.6 Å². The molecule has 0 aromatic heterocycles. The normalized spacial score (nSPS) is 24.6.